The molecule has 0 aliphatic carbocycles. The number of carbonyl (C=O) groups is 1. The van der Waals surface area contributed by atoms with E-state index in [1.807, 2.05) is 0 Å². The minimum absolute atomic E-state index is 0.0513. The SMILES string of the molecule is O=C(CN(Cc1ccc(Cl)cc1)S(=O)(=O)c1ccccc1)N1CCN(c2ccc(F)cc2)CC1. The van der Waals surface area contributed by atoms with E-state index in [1.54, 1.807) is 59.5 Å². The fraction of sp³-hybridized carbons (Fsp3) is 0.240. The molecule has 3 aromatic carbocycles. The summed E-state index contributed by atoms with van der Waals surface area (Å²) >= 11 is 5.97. The summed E-state index contributed by atoms with van der Waals surface area (Å²) in [5.74, 6) is -0.551. The Labute approximate surface area is 204 Å². The first kappa shape index (κ1) is 24.2. The van der Waals surface area contributed by atoms with Crippen molar-refractivity contribution in [1.82, 2.24) is 9.21 Å². The zero-order valence-electron chi connectivity index (χ0n) is 18.5. The molecule has 1 aliphatic heterocycles. The van der Waals surface area contributed by atoms with Gasteiger partial charge in [0.15, 0.2) is 0 Å². The molecule has 9 heteroatoms. The van der Waals surface area contributed by atoms with Gasteiger partial charge >= 0.3 is 0 Å². The molecule has 1 saturated heterocycles. The summed E-state index contributed by atoms with van der Waals surface area (Å²) in [4.78, 5) is 17.0. The minimum atomic E-state index is -3.89. The highest BCUT2D eigenvalue weighted by Gasteiger charge is 2.30. The molecular formula is C25H25ClFN3O3S. The van der Waals surface area contributed by atoms with Gasteiger partial charge in [-0.3, -0.25) is 4.79 Å². The van der Waals surface area contributed by atoms with Gasteiger partial charge in [-0.2, -0.15) is 4.31 Å². The summed E-state index contributed by atoms with van der Waals surface area (Å²) < 4.78 is 41.2. The second kappa shape index (κ2) is 10.5. The Hall–Kier alpha value is -2.94. The molecule has 0 saturated carbocycles. The molecule has 1 fully saturated rings. The predicted octanol–water partition coefficient (Wildman–Crippen LogP) is 4.02. The monoisotopic (exact) mass is 501 g/mol. The predicted molar refractivity (Wildman–Crippen MR) is 131 cm³/mol. The van der Waals surface area contributed by atoms with Crippen LogP contribution in [0, 0.1) is 5.82 Å². The minimum Gasteiger partial charge on any atom is -0.368 e. The summed E-state index contributed by atoms with van der Waals surface area (Å²) in [6, 6.07) is 21.3. The summed E-state index contributed by atoms with van der Waals surface area (Å²) in [5.41, 5.74) is 1.63. The molecule has 0 N–H and O–H groups in total. The smallest absolute Gasteiger partial charge is 0.243 e. The van der Waals surface area contributed by atoms with E-state index in [0.29, 0.717) is 31.2 Å². The normalized spacial score (nSPS) is 14.4. The highest BCUT2D eigenvalue weighted by molar-refractivity contribution is 7.89. The van der Waals surface area contributed by atoms with Gasteiger partial charge in [0.05, 0.1) is 11.4 Å². The van der Waals surface area contributed by atoms with Gasteiger partial charge in [-0.1, -0.05) is 41.9 Å². The fourth-order valence-electron chi connectivity index (χ4n) is 3.88. The maximum Gasteiger partial charge on any atom is 0.243 e. The number of anilines is 1. The molecule has 0 spiro atoms. The molecule has 6 nitrogen and oxygen atoms in total. The lowest BCUT2D eigenvalue weighted by atomic mass is 10.2. The van der Waals surface area contributed by atoms with E-state index < -0.39 is 10.0 Å². The molecule has 178 valence electrons. The Balaban J connectivity index is 1.48. The van der Waals surface area contributed by atoms with Crippen molar-refractivity contribution in [3.05, 3.63) is 95.3 Å². The van der Waals surface area contributed by atoms with Crippen LogP contribution in [-0.2, 0) is 21.4 Å². The van der Waals surface area contributed by atoms with Gasteiger partial charge in [0, 0.05) is 43.4 Å². The molecule has 0 aromatic heterocycles. The quantitative estimate of drug-likeness (QED) is 0.490. The number of piperazine rings is 1. The summed E-state index contributed by atoms with van der Waals surface area (Å²) in [5, 5.41) is 0.552. The highest BCUT2D eigenvalue weighted by atomic mass is 35.5. The van der Waals surface area contributed by atoms with Crippen LogP contribution in [0.25, 0.3) is 0 Å². The van der Waals surface area contributed by atoms with Gasteiger partial charge in [0.1, 0.15) is 5.82 Å². The van der Waals surface area contributed by atoms with Gasteiger partial charge in [0.25, 0.3) is 0 Å². The number of hydrogen-bond donors (Lipinski definition) is 0. The Bertz CT molecular complexity index is 1210. The van der Waals surface area contributed by atoms with Crippen LogP contribution >= 0.6 is 11.6 Å². The number of hydrogen-bond acceptors (Lipinski definition) is 4. The van der Waals surface area contributed by atoms with Crippen molar-refractivity contribution in [2.75, 3.05) is 37.6 Å². The lowest BCUT2D eigenvalue weighted by molar-refractivity contribution is -0.131. The summed E-state index contributed by atoms with van der Waals surface area (Å²) in [6.45, 7) is 1.86. The molecule has 0 bridgehead atoms. The molecular weight excluding hydrogens is 477 g/mol. The number of nitrogens with zero attached hydrogens (tertiary/aromatic N) is 3. The first-order valence-electron chi connectivity index (χ1n) is 10.9. The molecule has 34 heavy (non-hydrogen) atoms. The van der Waals surface area contributed by atoms with E-state index in [1.165, 1.54) is 28.6 Å². The van der Waals surface area contributed by atoms with Gasteiger partial charge in [-0.25, -0.2) is 12.8 Å². The van der Waals surface area contributed by atoms with Crippen LogP contribution in [0.2, 0.25) is 5.02 Å². The molecule has 1 amide bonds. The van der Waals surface area contributed by atoms with Crippen molar-refractivity contribution in [3.8, 4) is 0 Å². The van der Waals surface area contributed by atoms with Crippen LogP contribution < -0.4 is 4.90 Å². The first-order chi connectivity index (χ1) is 16.3. The third-order valence-corrected chi connectivity index (χ3v) is 7.85. The largest absolute Gasteiger partial charge is 0.368 e. The number of benzene rings is 3. The average molecular weight is 502 g/mol. The van der Waals surface area contributed by atoms with E-state index >= 15 is 0 Å². The van der Waals surface area contributed by atoms with Gasteiger partial charge < -0.3 is 9.80 Å². The summed E-state index contributed by atoms with van der Waals surface area (Å²) in [7, 11) is -3.89. The van der Waals surface area contributed by atoms with E-state index in [-0.39, 0.29) is 29.7 Å². The van der Waals surface area contributed by atoms with Gasteiger partial charge in [-0.15, -0.1) is 0 Å². The fourth-order valence-corrected chi connectivity index (χ4v) is 5.40. The standard InChI is InChI=1S/C25H25ClFN3O3S/c26-21-8-6-20(7-9-21)18-30(34(32,33)24-4-2-1-3-5-24)19-25(31)29-16-14-28(15-17-29)23-12-10-22(27)11-13-23/h1-13H,14-19H2. The van der Waals surface area contributed by atoms with Gasteiger partial charge in [0.2, 0.25) is 15.9 Å². The van der Waals surface area contributed by atoms with E-state index in [0.717, 1.165) is 11.3 Å². The lowest BCUT2D eigenvalue weighted by Crippen LogP contribution is -2.51. The molecule has 4 rings (SSSR count). The Kier molecular flexibility index (Phi) is 7.50. The maximum absolute atomic E-state index is 13.4. The van der Waals surface area contributed by atoms with Crippen molar-refractivity contribution in [2.24, 2.45) is 0 Å². The number of rotatable bonds is 7. The lowest BCUT2D eigenvalue weighted by Gasteiger charge is -2.37. The Morgan fingerprint density at radius 2 is 1.50 bits per heavy atom. The number of halogens is 2. The second-order valence-corrected chi connectivity index (χ2v) is 10.4. The molecule has 1 heterocycles. The molecule has 3 aromatic rings. The number of amides is 1. The molecule has 0 unspecified atom stereocenters. The average Bonchev–Trinajstić information content (AvgIpc) is 2.86. The van der Waals surface area contributed by atoms with Crippen LogP contribution in [0.3, 0.4) is 0 Å². The molecule has 1 aliphatic rings. The summed E-state index contributed by atoms with van der Waals surface area (Å²) in [6.07, 6.45) is 0. The van der Waals surface area contributed by atoms with Crippen molar-refractivity contribution in [3.63, 3.8) is 0 Å². The van der Waals surface area contributed by atoms with Crippen molar-refractivity contribution >= 4 is 33.2 Å². The van der Waals surface area contributed by atoms with E-state index in [4.69, 9.17) is 11.6 Å². The zero-order chi connectivity index (χ0) is 24.1. The third kappa shape index (κ3) is 5.75. The first-order valence-corrected chi connectivity index (χ1v) is 12.7. The Morgan fingerprint density at radius 1 is 0.882 bits per heavy atom. The van der Waals surface area contributed by atoms with Crippen molar-refractivity contribution in [1.29, 1.82) is 0 Å². The Morgan fingerprint density at radius 3 is 2.12 bits per heavy atom. The number of carbonyl (C=O) groups excluding carboxylic acids is 1. The highest BCUT2D eigenvalue weighted by Crippen LogP contribution is 2.21. The topological polar surface area (TPSA) is 60.9 Å². The van der Waals surface area contributed by atoms with Crippen LogP contribution in [0.5, 0.6) is 0 Å². The number of sulfonamides is 1. The zero-order valence-corrected chi connectivity index (χ0v) is 20.1. The molecule has 0 atom stereocenters. The van der Waals surface area contributed by atoms with Crippen LogP contribution in [-0.4, -0.2) is 56.3 Å². The molecule has 0 radical (unpaired) electrons. The van der Waals surface area contributed by atoms with Crippen LogP contribution in [0.15, 0.2) is 83.8 Å². The second-order valence-electron chi connectivity index (χ2n) is 8.06. The van der Waals surface area contributed by atoms with Crippen molar-refractivity contribution in [2.45, 2.75) is 11.4 Å². The van der Waals surface area contributed by atoms with Crippen molar-refractivity contribution < 1.29 is 17.6 Å². The third-order valence-electron chi connectivity index (χ3n) is 5.79. The maximum atomic E-state index is 13.4. The van der Waals surface area contributed by atoms with Crippen LogP contribution in [0.1, 0.15) is 5.56 Å². The van der Waals surface area contributed by atoms with Crippen LogP contribution in [0.4, 0.5) is 10.1 Å². The van der Waals surface area contributed by atoms with E-state index in [2.05, 4.69) is 4.90 Å². The van der Waals surface area contributed by atoms with E-state index in [9.17, 15) is 17.6 Å². The van der Waals surface area contributed by atoms with Gasteiger partial charge in [-0.05, 0) is 54.1 Å².